The minimum atomic E-state index is 0.526. The third-order valence-corrected chi connectivity index (χ3v) is 2.77. The average molecular weight is 195 g/mol. The first-order chi connectivity index (χ1) is 6.61. The van der Waals surface area contributed by atoms with Crippen molar-refractivity contribution in [3.63, 3.8) is 0 Å². The highest BCUT2D eigenvalue weighted by Gasteiger charge is 2.16. The molecule has 0 aromatic carbocycles. The Kier molecular flexibility index (Phi) is 3.55. The normalized spacial score (nSPS) is 13.1. The molecule has 0 saturated carbocycles. The molecule has 0 spiro atoms. The molecule has 1 heterocycles. The van der Waals surface area contributed by atoms with E-state index in [1.807, 2.05) is 7.05 Å². The van der Waals surface area contributed by atoms with Crippen molar-refractivity contribution in [2.45, 2.75) is 46.0 Å². The van der Waals surface area contributed by atoms with Crippen molar-refractivity contribution >= 4 is 5.82 Å². The molecule has 1 aromatic heterocycles. The highest BCUT2D eigenvalue weighted by atomic mass is 15.3. The van der Waals surface area contributed by atoms with Gasteiger partial charge in [0.05, 0.1) is 5.69 Å². The van der Waals surface area contributed by atoms with Crippen molar-refractivity contribution in [2.75, 3.05) is 5.73 Å². The van der Waals surface area contributed by atoms with Crippen molar-refractivity contribution in [2.24, 2.45) is 7.05 Å². The first-order valence-corrected chi connectivity index (χ1v) is 5.43. The summed E-state index contributed by atoms with van der Waals surface area (Å²) >= 11 is 0. The van der Waals surface area contributed by atoms with E-state index in [2.05, 4.69) is 25.9 Å². The molecule has 1 atom stereocenters. The second-order valence-electron chi connectivity index (χ2n) is 3.92. The molecule has 0 aliphatic rings. The maximum absolute atomic E-state index is 5.95. The predicted molar refractivity (Wildman–Crippen MR) is 60.3 cm³/mol. The van der Waals surface area contributed by atoms with E-state index in [1.165, 1.54) is 24.1 Å². The fourth-order valence-electron chi connectivity index (χ4n) is 1.93. The lowest BCUT2D eigenvalue weighted by molar-refractivity contribution is 0.623. The molecule has 0 fully saturated rings. The van der Waals surface area contributed by atoms with E-state index in [9.17, 15) is 0 Å². The smallest absolute Gasteiger partial charge is 0.124 e. The first kappa shape index (κ1) is 11.1. The maximum atomic E-state index is 5.95. The number of anilines is 1. The Balaban J connectivity index is 3.01. The molecule has 2 N–H and O–H groups in total. The third-order valence-electron chi connectivity index (χ3n) is 2.77. The van der Waals surface area contributed by atoms with Crippen LogP contribution in [0.4, 0.5) is 5.82 Å². The summed E-state index contributed by atoms with van der Waals surface area (Å²) in [4.78, 5) is 0. The lowest BCUT2D eigenvalue weighted by Gasteiger charge is -2.08. The molecule has 3 nitrogen and oxygen atoms in total. The topological polar surface area (TPSA) is 43.8 Å². The first-order valence-electron chi connectivity index (χ1n) is 5.43. The third kappa shape index (κ3) is 1.91. The van der Waals surface area contributed by atoms with Gasteiger partial charge in [0.25, 0.3) is 0 Å². The summed E-state index contributed by atoms with van der Waals surface area (Å²) in [7, 11) is 1.91. The van der Waals surface area contributed by atoms with Gasteiger partial charge in [-0.25, -0.2) is 0 Å². The van der Waals surface area contributed by atoms with Crippen LogP contribution >= 0.6 is 0 Å². The Hall–Kier alpha value is -0.990. The molecule has 1 unspecified atom stereocenters. The van der Waals surface area contributed by atoms with E-state index in [-0.39, 0.29) is 0 Å². The van der Waals surface area contributed by atoms with Crippen LogP contribution in [0.5, 0.6) is 0 Å². The molecular formula is C11H21N3. The number of nitrogen functional groups attached to an aromatic ring is 1. The van der Waals surface area contributed by atoms with Gasteiger partial charge in [0, 0.05) is 18.5 Å². The molecule has 80 valence electrons. The molecule has 3 heteroatoms. The molecule has 1 aromatic rings. The van der Waals surface area contributed by atoms with Gasteiger partial charge >= 0.3 is 0 Å². The molecule has 0 aliphatic carbocycles. The van der Waals surface area contributed by atoms with Crippen molar-refractivity contribution in [1.82, 2.24) is 9.78 Å². The quantitative estimate of drug-likeness (QED) is 0.802. The van der Waals surface area contributed by atoms with Crippen molar-refractivity contribution < 1.29 is 0 Å². The summed E-state index contributed by atoms with van der Waals surface area (Å²) in [5.74, 6) is 1.35. The van der Waals surface area contributed by atoms with Crippen molar-refractivity contribution in [3.8, 4) is 0 Å². The molecule has 0 saturated heterocycles. The van der Waals surface area contributed by atoms with Gasteiger partial charge in [-0.3, -0.25) is 4.68 Å². The van der Waals surface area contributed by atoms with E-state index >= 15 is 0 Å². The van der Waals surface area contributed by atoms with Crippen LogP contribution in [0.2, 0.25) is 0 Å². The Bertz CT molecular complexity index is 302. The van der Waals surface area contributed by atoms with E-state index in [1.54, 1.807) is 4.68 Å². The highest BCUT2D eigenvalue weighted by Crippen LogP contribution is 2.26. The largest absolute Gasteiger partial charge is 0.384 e. The van der Waals surface area contributed by atoms with Crippen LogP contribution in [-0.4, -0.2) is 9.78 Å². The van der Waals surface area contributed by atoms with Gasteiger partial charge in [0.1, 0.15) is 5.82 Å². The maximum Gasteiger partial charge on any atom is 0.124 e. The summed E-state index contributed by atoms with van der Waals surface area (Å²) in [6.07, 6.45) is 3.35. The summed E-state index contributed by atoms with van der Waals surface area (Å²) in [6, 6.07) is 0. The molecule has 1 rings (SSSR count). The number of rotatable bonds is 4. The molecule has 0 bridgehead atoms. The van der Waals surface area contributed by atoms with Crippen LogP contribution in [0.25, 0.3) is 0 Å². The SMILES string of the molecule is CCCC(C)c1nn(C)c(N)c1CC. The van der Waals surface area contributed by atoms with Crippen LogP contribution < -0.4 is 5.73 Å². The zero-order chi connectivity index (χ0) is 10.7. The molecule has 0 amide bonds. The molecule has 0 radical (unpaired) electrons. The number of hydrogen-bond donors (Lipinski definition) is 1. The van der Waals surface area contributed by atoms with Gasteiger partial charge in [-0.1, -0.05) is 27.2 Å². The lowest BCUT2D eigenvalue weighted by atomic mass is 9.98. The van der Waals surface area contributed by atoms with E-state index in [0.717, 1.165) is 12.2 Å². The van der Waals surface area contributed by atoms with Gasteiger partial charge < -0.3 is 5.73 Å². The van der Waals surface area contributed by atoms with Crippen LogP contribution in [0.3, 0.4) is 0 Å². The van der Waals surface area contributed by atoms with Gasteiger partial charge in [-0.05, 0) is 12.8 Å². The van der Waals surface area contributed by atoms with Crippen LogP contribution in [-0.2, 0) is 13.5 Å². The fourth-order valence-corrected chi connectivity index (χ4v) is 1.93. The predicted octanol–water partition coefficient (Wildman–Crippen LogP) is 2.47. The zero-order valence-electron chi connectivity index (χ0n) is 9.67. The molecule has 14 heavy (non-hydrogen) atoms. The van der Waals surface area contributed by atoms with Gasteiger partial charge in [0.15, 0.2) is 0 Å². The Morgan fingerprint density at radius 1 is 1.43 bits per heavy atom. The standard InChI is InChI=1S/C11H21N3/c1-5-7-8(3)10-9(6-2)11(12)14(4)13-10/h8H,5-7,12H2,1-4H3. The summed E-state index contributed by atoms with van der Waals surface area (Å²) < 4.78 is 1.79. The minimum Gasteiger partial charge on any atom is -0.384 e. The molecule has 0 aliphatic heterocycles. The fraction of sp³-hybridized carbons (Fsp3) is 0.727. The van der Waals surface area contributed by atoms with Crippen LogP contribution in [0, 0.1) is 0 Å². The van der Waals surface area contributed by atoms with Crippen molar-refractivity contribution in [1.29, 1.82) is 0 Å². The molecular weight excluding hydrogens is 174 g/mol. The number of hydrogen-bond acceptors (Lipinski definition) is 2. The van der Waals surface area contributed by atoms with E-state index in [0.29, 0.717) is 5.92 Å². The second-order valence-corrected chi connectivity index (χ2v) is 3.92. The lowest BCUT2D eigenvalue weighted by Crippen LogP contribution is -1.98. The van der Waals surface area contributed by atoms with Gasteiger partial charge in [-0.15, -0.1) is 0 Å². The summed E-state index contributed by atoms with van der Waals surface area (Å²) in [6.45, 7) is 6.56. The minimum absolute atomic E-state index is 0.526. The number of aryl methyl sites for hydroxylation is 1. The second kappa shape index (κ2) is 4.49. The van der Waals surface area contributed by atoms with E-state index in [4.69, 9.17) is 5.73 Å². The van der Waals surface area contributed by atoms with Gasteiger partial charge in [-0.2, -0.15) is 5.10 Å². The zero-order valence-corrected chi connectivity index (χ0v) is 9.67. The summed E-state index contributed by atoms with van der Waals surface area (Å²) in [5, 5.41) is 4.49. The van der Waals surface area contributed by atoms with Crippen molar-refractivity contribution in [3.05, 3.63) is 11.3 Å². The number of nitrogens with zero attached hydrogens (tertiary/aromatic N) is 2. The Morgan fingerprint density at radius 2 is 2.07 bits per heavy atom. The van der Waals surface area contributed by atoms with Gasteiger partial charge in [0.2, 0.25) is 0 Å². The monoisotopic (exact) mass is 195 g/mol. The average Bonchev–Trinajstić information content (AvgIpc) is 2.44. The van der Waals surface area contributed by atoms with Crippen LogP contribution in [0.15, 0.2) is 0 Å². The summed E-state index contributed by atoms with van der Waals surface area (Å²) in [5.41, 5.74) is 8.37. The van der Waals surface area contributed by atoms with E-state index < -0.39 is 0 Å². The number of aromatic nitrogens is 2. The van der Waals surface area contributed by atoms with Crippen LogP contribution in [0.1, 0.15) is 50.8 Å². The Morgan fingerprint density at radius 3 is 2.57 bits per heavy atom. The Labute approximate surface area is 86.3 Å². The number of nitrogens with two attached hydrogens (primary N) is 1. The highest BCUT2D eigenvalue weighted by molar-refractivity contribution is 5.44.